The van der Waals surface area contributed by atoms with Crippen molar-refractivity contribution >= 4 is 29.3 Å². The number of aromatic amines is 1. The van der Waals surface area contributed by atoms with Crippen molar-refractivity contribution in [2.24, 2.45) is 0 Å². The second-order valence-electron chi connectivity index (χ2n) is 6.21. The number of pyridine rings is 1. The number of rotatable bonds is 7. The normalized spacial score (nSPS) is 10.2. The van der Waals surface area contributed by atoms with Crippen molar-refractivity contribution in [1.82, 2.24) is 20.5 Å². The third kappa shape index (κ3) is 7.43. The minimum Gasteiger partial charge on any atom is -0.477 e. The van der Waals surface area contributed by atoms with E-state index in [4.69, 9.17) is 16.7 Å². The number of carbonyl (C=O) groups excluding carboxylic acids is 1. The lowest BCUT2D eigenvalue weighted by Gasteiger charge is -2.04. The van der Waals surface area contributed by atoms with Gasteiger partial charge in [-0.25, -0.2) is 13.6 Å². The van der Waals surface area contributed by atoms with Crippen LogP contribution in [-0.4, -0.2) is 38.7 Å². The van der Waals surface area contributed by atoms with Gasteiger partial charge in [-0.15, -0.1) is 0 Å². The molecule has 2 heterocycles. The van der Waals surface area contributed by atoms with Gasteiger partial charge in [0.2, 0.25) is 0 Å². The molecular formula is C20H20ClF2N5O3. The lowest BCUT2D eigenvalue weighted by molar-refractivity contribution is 0.0690. The van der Waals surface area contributed by atoms with E-state index in [1.54, 1.807) is 6.20 Å². The van der Waals surface area contributed by atoms with Crippen molar-refractivity contribution in [1.29, 1.82) is 0 Å². The third-order valence-electron chi connectivity index (χ3n) is 3.78. The molecule has 0 aliphatic heterocycles. The summed E-state index contributed by atoms with van der Waals surface area (Å²) in [6.45, 7) is 4.17. The number of aromatic carboxylic acids is 1. The van der Waals surface area contributed by atoms with Gasteiger partial charge in [-0.1, -0.05) is 24.6 Å². The van der Waals surface area contributed by atoms with Crippen LogP contribution in [0.15, 0.2) is 42.7 Å². The molecule has 8 nitrogen and oxygen atoms in total. The van der Waals surface area contributed by atoms with Gasteiger partial charge in [-0.3, -0.25) is 14.9 Å². The van der Waals surface area contributed by atoms with E-state index in [1.165, 1.54) is 12.0 Å². The van der Waals surface area contributed by atoms with Gasteiger partial charge in [0.25, 0.3) is 5.91 Å². The van der Waals surface area contributed by atoms with Crippen molar-refractivity contribution in [3.05, 3.63) is 76.2 Å². The fourth-order valence-electron chi connectivity index (χ4n) is 2.29. The molecule has 0 unspecified atom stereocenters. The maximum absolute atomic E-state index is 13.1. The van der Waals surface area contributed by atoms with Crippen LogP contribution in [0.3, 0.4) is 0 Å². The standard InChI is InChI=1S/C11H6ClF2N3O3.C9H14N2/c12-5-2-7(14)6(13)1-4(5)10(18)15-9-3-8(11(19)20)16-17-9;1-2-5-10-7-9-4-3-6-11-8-9/h1-3H,(H,19,20)(H2,15,16,17,18);3-4,6,8,10H,2,5,7H2,1H3. The first-order valence-corrected chi connectivity index (χ1v) is 9.53. The van der Waals surface area contributed by atoms with Gasteiger partial charge in [0.05, 0.1) is 10.6 Å². The third-order valence-corrected chi connectivity index (χ3v) is 4.10. The zero-order valence-corrected chi connectivity index (χ0v) is 17.2. The Hall–Kier alpha value is -3.37. The second kappa shape index (κ2) is 11.7. The van der Waals surface area contributed by atoms with E-state index in [0.29, 0.717) is 12.1 Å². The number of benzene rings is 1. The van der Waals surface area contributed by atoms with Gasteiger partial charge in [-0.05, 0) is 36.7 Å². The molecule has 3 aromatic rings. The Morgan fingerprint density at radius 3 is 2.58 bits per heavy atom. The molecule has 0 atom stereocenters. The van der Waals surface area contributed by atoms with Crippen LogP contribution in [0.1, 0.15) is 39.8 Å². The van der Waals surface area contributed by atoms with Gasteiger partial charge in [0.15, 0.2) is 17.5 Å². The topological polar surface area (TPSA) is 120 Å². The summed E-state index contributed by atoms with van der Waals surface area (Å²) in [5, 5.41) is 19.6. The van der Waals surface area contributed by atoms with Crippen molar-refractivity contribution < 1.29 is 23.5 Å². The van der Waals surface area contributed by atoms with Crippen LogP contribution in [0.2, 0.25) is 5.02 Å². The lowest BCUT2D eigenvalue weighted by Crippen LogP contribution is -2.13. The SMILES string of the molecule is CCCNCc1cccnc1.O=C(O)c1cc(NC(=O)c2cc(F)c(F)cc2Cl)n[nH]1. The first-order chi connectivity index (χ1) is 14.8. The Morgan fingerprint density at radius 1 is 1.23 bits per heavy atom. The van der Waals surface area contributed by atoms with Crippen molar-refractivity contribution in [2.45, 2.75) is 19.9 Å². The molecular weight excluding hydrogens is 432 g/mol. The van der Waals surface area contributed by atoms with E-state index in [9.17, 15) is 18.4 Å². The highest BCUT2D eigenvalue weighted by molar-refractivity contribution is 6.34. The fraction of sp³-hybridized carbons (Fsp3) is 0.200. The van der Waals surface area contributed by atoms with Gasteiger partial charge in [0, 0.05) is 25.0 Å². The largest absolute Gasteiger partial charge is 0.477 e. The number of nitrogens with one attached hydrogen (secondary N) is 3. The number of H-pyrrole nitrogens is 1. The number of nitrogens with zero attached hydrogens (tertiary/aromatic N) is 2. The number of aromatic nitrogens is 3. The molecule has 0 bridgehead atoms. The van der Waals surface area contributed by atoms with E-state index in [1.807, 2.05) is 12.3 Å². The van der Waals surface area contributed by atoms with Crippen molar-refractivity contribution in [2.75, 3.05) is 11.9 Å². The molecule has 1 aromatic carbocycles. The Kier molecular flexibility index (Phi) is 9.04. The second-order valence-corrected chi connectivity index (χ2v) is 6.62. The minimum absolute atomic E-state index is 0.0896. The molecule has 0 fully saturated rings. The van der Waals surface area contributed by atoms with Crippen LogP contribution in [0.5, 0.6) is 0 Å². The average Bonchev–Trinajstić information content (AvgIpc) is 3.21. The Bertz CT molecular complexity index is 1030. The van der Waals surface area contributed by atoms with Crippen LogP contribution in [-0.2, 0) is 6.54 Å². The Balaban J connectivity index is 0.000000262. The number of anilines is 1. The van der Waals surface area contributed by atoms with Gasteiger partial charge in [-0.2, -0.15) is 5.10 Å². The van der Waals surface area contributed by atoms with Gasteiger partial charge in [0.1, 0.15) is 5.69 Å². The van der Waals surface area contributed by atoms with E-state index >= 15 is 0 Å². The highest BCUT2D eigenvalue weighted by Crippen LogP contribution is 2.21. The summed E-state index contributed by atoms with van der Waals surface area (Å²) in [6, 6.07) is 6.41. The molecule has 2 aromatic heterocycles. The number of hydrogen-bond donors (Lipinski definition) is 4. The fourth-order valence-corrected chi connectivity index (χ4v) is 2.52. The Morgan fingerprint density at radius 2 is 1.97 bits per heavy atom. The minimum atomic E-state index is -1.26. The molecule has 0 aliphatic rings. The summed E-state index contributed by atoms with van der Waals surface area (Å²) >= 11 is 5.63. The molecule has 0 aliphatic carbocycles. The molecule has 0 saturated heterocycles. The molecule has 4 N–H and O–H groups in total. The highest BCUT2D eigenvalue weighted by Gasteiger charge is 2.17. The zero-order valence-electron chi connectivity index (χ0n) is 16.5. The first kappa shape index (κ1) is 23.9. The molecule has 1 amide bonds. The Labute approximate surface area is 181 Å². The number of carboxylic acids is 1. The van der Waals surface area contributed by atoms with E-state index in [0.717, 1.165) is 19.2 Å². The van der Waals surface area contributed by atoms with Gasteiger partial charge < -0.3 is 15.7 Å². The van der Waals surface area contributed by atoms with E-state index < -0.39 is 23.5 Å². The summed E-state index contributed by atoms with van der Waals surface area (Å²) in [7, 11) is 0. The van der Waals surface area contributed by atoms with Gasteiger partial charge >= 0.3 is 5.97 Å². The molecule has 164 valence electrons. The maximum Gasteiger partial charge on any atom is 0.353 e. The van der Waals surface area contributed by atoms with Crippen LogP contribution in [0, 0.1) is 11.6 Å². The highest BCUT2D eigenvalue weighted by atomic mass is 35.5. The molecule has 0 spiro atoms. The number of hydrogen-bond acceptors (Lipinski definition) is 5. The van der Waals surface area contributed by atoms with E-state index in [2.05, 4.69) is 38.8 Å². The number of carbonyl (C=O) groups is 2. The van der Waals surface area contributed by atoms with Crippen LogP contribution in [0.25, 0.3) is 0 Å². The summed E-state index contributed by atoms with van der Waals surface area (Å²) in [4.78, 5) is 26.4. The molecule has 0 saturated carbocycles. The first-order valence-electron chi connectivity index (χ1n) is 9.16. The lowest BCUT2D eigenvalue weighted by atomic mass is 10.2. The van der Waals surface area contributed by atoms with Crippen molar-refractivity contribution in [3.8, 4) is 0 Å². The monoisotopic (exact) mass is 451 g/mol. The smallest absolute Gasteiger partial charge is 0.353 e. The zero-order chi connectivity index (χ0) is 22.8. The number of halogens is 3. The quantitative estimate of drug-likeness (QED) is 0.319. The number of carboxylic acid groups (broad SMARTS) is 1. The number of amides is 1. The summed E-state index contributed by atoms with van der Waals surface area (Å²) in [5.74, 6) is -4.61. The predicted octanol–water partition coefficient (Wildman–Crippen LogP) is 3.87. The van der Waals surface area contributed by atoms with Crippen LogP contribution in [0.4, 0.5) is 14.6 Å². The predicted molar refractivity (Wildman–Crippen MR) is 111 cm³/mol. The summed E-state index contributed by atoms with van der Waals surface area (Å²) < 4.78 is 25.9. The average molecular weight is 452 g/mol. The summed E-state index contributed by atoms with van der Waals surface area (Å²) in [6.07, 6.45) is 4.87. The summed E-state index contributed by atoms with van der Waals surface area (Å²) in [5.41, 5.74) is 0.711. The molecule has 31 heavy (non-hydrogen) atoms. The maximum atomic E-state index is 13.1. The van der Waals surface area contributed by atoms with Crippen molar-refractivity contribution in [3.63, 3.8) is 0 Å². The van der Waals surface area contributed by atoms with Crippen LogP contribution < -0.4 is 10.6 Å². The molecule has 3 rings (SSSR count). The molecule has 0 radical (unpaired) electrons. The van der Waals surface area contributed by atoms with E-state index in [-0.39, 0.29) is 22.1 Å². The molecule has 11 heteroatoms. The van der Waals surface area contributed by atoms with Crippen LogP contribution >= 0.6 is 11.6 Å².